The van der Waals surface area contributed by atoms with Crippen molar-refractivity contribution in [2.24, 2.45) is 0 Å². The van der Waals surface area contributed by atoms with Crippen molar-refractivity contribution in [3.8, 4) is 0 Å². The van der Waals surface area contributed by atoms with Crippen molar-refractivity contribution in [1.82, 2.24) is 4.98 Å². The summed E-state index contributed by atoms with van der Waals surface area (Å²) < 4.78 is 5.64. The molecule has 3 nitrogen and oxygen atoms in total. The van der Waals surface area contributed by atoms with E-state index in [2.05, 4.69) is 34.7 Å². The second-order valence-corrected chi connectivity index (χ2v) is 5.08. The number of ether oxygens (including phenoxy) is 1. The van der Waals surface area contributed by atoms with Crippen molar-refractivity contribution >= 4 is 17.2 Å². The van der Waals surface area contributed by atoms with Crippen LogP contribution in [0.1, 0.15) is 23.8 Å². The van der Waals surface area contributed by atoms with E-state index in [1.165, 1.54) is 4.88 Å². The van der Waals surface area contributed by atoms with Gasteiger partial charge in [0.15, 0.2) is 0 Å². The molecule has 2 aromatic rings. The van der Waals surface area contributed by atoms with Crippen molar-refractivity contribution in [2.45, 2.75) is 26.6 Å². The quantitative estimate of drug-likeness (QED) is 0.826. The van der Waals surface area contributed by atoms with Crippen LogP contribution in [-0.4, -0.2) is 11.5 Å². The van der Waals surface area contributed by atoms with Gasteiger partial charge >= 0.3 is 0 Å². The first-order valence-electron chi connectivity index (χ1n) is 6.17. The smallest absolute Gasteiger partial charge is 0.125 e. The Hall–Kier alpha value is -1.39. The molecule has 96 valence electrons. The van der Waals surface area contributed by atoms with E-state index in [1.807, 2.05) is 18.3 Å². The molecule has 0 aliphatic heterocycles. The van der Waals surface area contributed by atoms with E-state index in [1.54, 1.807) is 11.3 Å². The lowest BCUT2D eigenvalue weighted by Gasteiger charge is -2.05. The highest BCUT2D eigenvalue weighted by Gasteiger charge is 1.97. The van der Waals surface area contributed by atoms with Gasteiger partial charge in [-0.1, -0.05) is 19.1 Å². The molecule has 0 bridgehead atoms. The maximum Gasteiger partial charge on any atom is 0.125 e. The van der Waals surface area contributed by atoms with E-state index in [-0.39, 0.29) is 0 Å². The van der Waals surface area contributed by atoms with E-state index >= 15 is 0 Å². The van der Waals surface area contributed by atoms with E-state index in [4.69, 9.17) is 4.74 Å². The molecule has 0 radical (unpaired) electrons. The van der Waals surface area contributed by atoms with Gasteiger partial charge in [-0.3, -0.25) is 0 Å². The molecule has 2 aromatic heterocycles. The lowest BCUT2D eigenvalue weighted by atomic mass is 10.3. The second kappa shape index (κ2) is 7.13. The Kier molecular flexibility index (Phi) is 5.17. The zero-order valence-electron chi connectivity index (χ0n) is 10.6. The van der Waals surface area contributed by atoms with Gasteiger partial charge in [-0.25, -0.2) is 4.98 Å². The average molecular weight is 262 g/mol. The van der Waals surface area contributed by atoms with Crippen LogP contribution in [0.15, 0.2) is 35.8 Å². The van der Waals surface area contributed by atoms with Crippen LogP contribution in [0.3, 0.4) is 0 Å². The molecule has 4 heteroatoms. The first kappa shape index (κ1) is 13.1. The number of aromatic nitrogens is 1. The zero-order valence-corrected chi connectivity index (χ0v) is 11.4. The summed E-state index contributed by atoms with van der Waals surface area (Å²) in [5, 5.41) is 5.31. The Balaban J connectivity index is 1.75. The lowest BCUT2D eigenvalue weighted by Crippen LogP contribution is -2.02. The maximum atomic E-state index is 5.64. The summed E-state index contributed by atoms with van der Waals surface area (Å²) >= 11 is 1.72. The van der Waals surface area contributed by atoms with Crippen LogP contribution in [0.2, 0.25) is 0 Å². The van der Waals surface area contributed by atoms with Crippen LogP contribution in [0.25, 0.3) is 0 Å². The Labute approximate surface area is 112 Å². The minimum Gasteiger partial charge on any atom is -0.371 e. The Morgan fingerprint density at radius 3 is 2.89 bits per heavy atom. The van der Waals surface area contributed by atoms with Gasteiger partial charge < -0.3 is 10.1 Å². The molecule has 0 unspecified atom stereocenters. The number of hydrogen-bond donors (Lipinski definition) is 1. The molecule has 0 spiro atoms. The predicted octanol–water partition coefficient (Wildman–Crippen LogP) is 3.68. The molecule has 2 heterocycles. The van der Waals surface area contributed by atoms with Crippen LogP contribution in [0.5, 0.6) is 0 Å². The van der Waals surface area contributed by atoms with Crippen LogP contribution in [-0.2, 0) is 18.0 Å². The van der Waals surface area contributed by atoms with Crippen molar-refractivity contribution in [3.63, 3.8) is 0 Å². The largest absolute Gasteiger partial charge is 0.371 e. The highest BCUT2D eigenvalue weighted by atomic mass is 32.1. The molecule has 0 aliphatic carbocycles. The lowest BCUT2D eigenvalue weighted by molar-refractivity contribution is 0.109. The fraction of sp³-hybridized carbons (Fsp3) is 0.357. The maximum absolute atomic E-state index is 5.64. The standard InChI is InChI=1S/C14H18N2OS/c1-2-7-15-14-6-5-12(9-16-14)10-17-11-13-4-3-8-18-13/h3-6,8-9H,2,7,10-11H2,1H3,(H,15,16). The predicted molar refractivity (Wildman–Crippen MR) is 75.8 cm³/mol. The molecule has 0 amide bonds. The highest BCUT2D eigenvalue weighted by molar-refractivity contribution is 7.09. The van der Waals surface area contributed by atoms with Crippen molar-refractivity contribution in [3.05, 3.63) is 46.3 Å². The van der Waals surface area contributed by atoms with Gasteiger partial charge in [0.2, 0.25) is 0 Å². The molecule has 0 aromatic carbocycles. The van der Waals surface area contributed by atoms with Gasteiger partial charge in [-0.2, -0.15) is 0 Å². The third-order valence-corrected chi connectivity index (χ3v) is 3.32. The third-order valence-electron chi connectivity index (χ3n) is 2.47. The van der Waals surface area contributed by atoms with Crippen molar-refractivity contribution < 1.29 is 4.74 Å². The molecule has 0 aliphatic rings. The first-order chi connectivity index (χ1) is 8.88. The van der Waals surface area contributed by atoms with Crippen molar-refractivity contribution in [1.29, 1.82) is 0 Å². The fourth-order valence-electron chi connectivity index (χ4n) is 1.53. The van der Waals surface area contributed by atoms with E-state index in [0.29, 0.717) is 13.2 Å². The number of pyridine rings is 1. The van der Waals surface area contributed by atoms with E-state index < -0.39 is 0 Å². The van der Waals surface area contributed by atoms with E-state index in [0.717, 1.165) is 24.3 Å². The van der Waals surface area contributed by atoms with Gasteiger partial charge in [0.05, 0.1) is 13.2 Å². The van der Waals surface area contributed by atoms with Crippen molar-refractivity contribution in [2.75, 3.05) is 11.9 Å². The van der Waals surface area contributed by atoms with E-state index in [9.17, 15) is 0 Å². The molecule has 0 atom stereocenters. The molecule has 0 fully saturated rings. The monoisotopic (exact) mass is 262 g/mol. The summed E-state index contributed by atoms with van der Waals surface area (Å²) in [6, 6.07) is 8.18. The SMILES string of the molecule is CCCNc1ccc(COCc2cccs2)cn1. The number of nitrogens with zero attached hydrogens (tertiary/aromatic N) is 1. The summed E-state index contributed by atoms with van der Waals surface area (Å²) in [6.07, 6.45) is 2.97. The van der Waals surface area contributed by atoms with Crippen LogP contribution < -0.4 is 5.32 Å². The average Bonchev–Trinajstić information content (AvgIpc) is 2.91. The minimum absolute atomic E-state index is 0.610. The van der Waals surface area contributed by atoms with Crippen LogP contribution in [0.4, 0.5) is 5.82 Å². The van der Waals surface area contributed by atoms with Crippen LogP contribution in [0, 0.1) is 0 Å². The Bertz CT molecular complexity index is 439. The minimum atomic E-state index is 0.610. The Morgan fingerprint density at radius 2 is 2.22 bits per heavy atom. The van der Waals surface area contributed by atoms with Gasteiger partial charge in [-0.15, -0.1) is 11.3 Å². The summed E-state index contributed by atoms with van der Waals surface area (Å²) in [4.78, 5) is 5.60. The van der Waals surface area contributed by atoms with Gasteiger partial charge in [0.1, 0.15) is 5.82 Å². The highest BCUT2D eigenvalue weighted by Crippen LogP contribution is 2.12. The summed E-state index contributed by atoms with van der Waals surface area (Å²) in [7, 11) is 0. The number of rotatable bonds is 7. The molecule has 18 heavy (non-hydrogen) atoms. The van der Waals surface area contributed by atoms with Crippen LogP contribution >= 0.6 is 11.3 Å². The Morgan fingerprint density at radius 1 is 1.28 bits per heavy atom. The molecule has 1 N–H and O–H groups in total. The normalized spacial score (nSPS) is 10.5. The fourth-order valence-corrected chi connectivity index (χ4v) is 2.17. The number of hydrogen-bond acceptors (Lipinski definition) is 4. The van der Waals surface area contributed by atoms with Gasteiger partial charge in [0, 0.05) is 17.6 Å². The third kappa shape index (κ3) is 4.13. The van der Waals surface area contributed by atoms with Gasteiger partial charge in [0.25, 0.3) is 0 Å². The molecule has 0 saturated heterocycles. The number of anilines is 1. The second-order valence-electron chi connectivity index (χ2n) is 4.05. The molecule has 0 saturated carbocycles. The molecular formula is C14H18N2OS. The molecular weight excluding hydrogens is 244 g/mol. The first-order valence-corrected chi connectivity index (χ1v) is 7.05. The summed E-state index contributed by atoms with van der Waals surface area (Å²) in [5.41, 5.74) is 1.11. The zero-order chi connectivity index (χ0) is 12.6. The topological polar surface area (TPSA) is 34.1 Å². The summed E-state index contributed by atoms with van der Waals surface area (Å²) in [5.74, 6) is 0.929. The number of thiophene rings is 1. The summed E-state index contributed by atoms with van der Waals surface area (Å²) in [6.45, 7) is 4.38. The van der Waals surface area contributed by atoms with Gasteiger partial charge in [-0.05, 0) is 29.5 Å². The molecule has 2 rings (SSSR count). The number of nitrogens with one attached hydrogen (secondary N) is 1.